The zero-order valence-corrected chi connectivity index (χ0v) is 12.4. The average molecular weight is 256 g/mol. The Morgan fingerprint density at radius 3 is 2.53 bits per heavy atom. The maximum absolute atomic E-state index is 5.58. The summed E-state index contributed by atoms with van der Waals surface area (Å²) in [6.45, 7) is 11.6. The fourth-order valence-corrected chi connectivity index (χ4v) is 2.79. The van der Waals surface area contributed by atoms with Crippen molar-refractivity contribution in [1.29, 1.82) is 0 Å². The van der Waals surface area contributed by atoms with Crippen LogP contribution in [0.5, 0.6) is 0 Å². The summed E-state index contributed by atoms with van der Waals surface area (Å²) < 4.78 is 5.58. The van der Waals surface area contributed by atoms with Crippen molar-refractivity contribution in [2.24, 2.45) is 5.92 Å². The molecule has 0 aliphatic carbocycles. The first kappa shape index (κ1) is 14.6. The van der Waals surface area contributed by atoms with E-state index in [2.05, 4.69) is 31.1 Å². The smallest absolute Gasteiger partial charge is 0.256 e. The predicted molar refractivity (Wildman–Crippen MR) is 73.6 cm³/mol. The molecule has 98 valence electrons. The van der Waals surface area contributed by atoms with Gasteiger partial charge in [-0.1, -0.05) is 39.0 Å². The highest BCUT2D eigenvalue weighted by Crippen LogP contribution is 2.23. The summed E-state index contributed by atoms with van der Waals surface area (Å²) in [5.41, 5.74) is 0.996. The van der Waals surface area contributed by atoms with Crippen molar-refractivity contribution in [3.05, 3.63) is 11.5 Å². The number of aryl methyl sites for hydroxylation is 2. The van der Waals surface area contributed by atoms with Gasteiger partial charge in [0.1, 0.15) is 5.76 Å². The lowest BCUT2D eigenvalue weighted by molar-refractivity contribution is 0.399. The highest BCUT2D eigenvalue weighted by Gasteiger charge is 2.16. The van der Waals surface area contributed by atoms with Crippen molar-refractivity contribution in [2.75, 3.05) is 12.3 Å². The second-order valence-electron chi connectivity index (χ2n) is 4.48. The van der Waals surface area contributed by atoms with Gasteiger partial charge in [-0.2, -0.15) is 0 Å². The number of hydrogen-bond donors (Lipinski definition) is 1. The number of thioether (sulfide) groups is 1. The molecule has 2 unspecified atom stereocenters. The topological polar surface area (TPSA) is 38.1 Å². The van der Waals surface area contributed by atoms with E-state index in [9.17, 15) is 0 Å². The maximum Gasteiger partial charge on any atom is 0.256 e. The van der Waals surface area contributed by atoms with Crippen LogP contribution < -0.4 is 5.32 Å². The van der Waals surface area contributed by atoms with E-state index < -0.39 is 0 Å². The van der Waals surface area contributed by atoms with Gasteiger partial charge in [0.25, 0.3) is 5.22 Å². The number of oxazole rings is 1. The lowest BCUT2D eigenvalue weighted by Gasteiger charge is -2.22. The van der Waals surface area contributed by atoms with Gasteiger partial charge in [0, 0.05) is 11.8 Å². The molecule has 0 spiro atoms. The van der Waals surface area contributed by atoms with Crippen molar-refractivity contribution in [1.82, 2.24) is 10.3 Å². The summed E-state index contributed by atoms with van der Waals surface area (Å²) in [5, 5.41) is 4.33. The summed E-state index contributed by atoms with van der Waals surface area (Å²) in [6.07, 6.45) is 1.20. The average Bonchev–Trinajstić information content (AvgIpc) is 2.63. The molecule has 0 amide bonds. The molecule has 1 N–H and O–H groups in total. The number of nitrogens with one attached hydrogen (secondary N) is 1. The first-order chi connectivity index (χ1) is 8.08. The molecular formula is C13H24N2OS. The van der Waals surface area contributed by atoms with Crippen LogP contribution in [0.4, 0.5) is 0 Å². The molecule has 1 rings (SSSR count). The highest BCUT2D eigenvalue weighted by atomic mass is 32.2. The van der Waals surface area contributed by atoms with E-state index in [1.807, 2.05) is 13.8 Å². The largest absolute Gasteiger partial charge is 0.437 e. The standard InChI is InChI=1S/C13H24N2OS/c1-6-9(3)12(14-7-2)8-17-13-15-10(4)11(5)16-13/h9,12,14H,6-8H2,1-5H3. The maximum atomic E-state index is 5.58. The second-order valence-corrected chi connectivity index (χ2v) is 5.45. The Bertz CT molecular complexity index is 319. The molecule has 1 aromatic heterocycles. The van der Waals surface area contributed by atoms with E-state index in [1.165, 1.54) is 6.42 Å². The van der Waals surface area contributed by atoms with E-state index in [1.54, 1.807) is 11.8 Å². The predicted octanol–water partition coefficient (Wildman–Crippen LogP) is 3.41. The molecule has 0 aromatic carbocycles. The molecule has 4 heteroatoms. The minimum absolute atomic E-state index is 0.530. The highest BCUT2D eigenvalue weighted by molar-refractivity contribution is 7.99. The van der Waals surface area contributed by atoms with E-state index in [0.717, 1.165) is 29.0 Å². The Morgan fingerprint density at radius 1 is 1.35 bits per heavy atom. The number of nitrogens with zero attached hydrogens (tertiary/aromatic N) is 1. The quantitative estimate of drug-likeness (QED) is 0.759. The molecule has 17 heavy (non-hydrogen) atoms. The van der Waals surface area contributed by atoms with Crippen LogP contribution >= 0.6 is 11.8 Å². The van der Waals surface area contributed by atoms with Crippen molar-refractivity contribution in [2.45, 2.75) is 52.3 Å². The summed E-state index contributed by atoms with van der Waals surface area (Å²) in [5.74, 6) is 2.62. The molecule has 3 nitrogen and oxygen atoms in total. The van der Waals surface area contributed by atoms with Gasteiger partial charge in [-0.05, 0) is 26.3 Å². The molecule has 0 radical (unpaired) electrons. The molecule has 1 aromatic rings. The van der Waals surface area contributed by atoms with Crippen molar-refractivity contribution < 1.29 is 4.42 Å². The second kappa shape index (κ2) is 7.07. The van der Waals surface area contributed by atoms with Gasteiger partial charge in [-0.25, -0.2) is 4.98 Å². The molecular weight excluding hydrogens is 232 g/mol. The van der Waals surface area contributed by atoms with Gasteiger partial charge < -0.3 is 9.73 Å². The first-order valence-electron chi connectivity index (χ1n) is 6.38. The minimum Gasteiger partial charge on any atom is -0.437 e. The van der Waals surface area contributed by atoms with Crippen molar-refractivity contribution in [3.63, 3.8) is 0 Å². The summed E-state index contributed by atoms with van der Waals surface area (Å²) in [7, 11) is 0. The lowest BCUT2D eigenvalue weighted by atomic mass is 10.0. The van der Waals surface area contributed by atoms with Crippen molar-refractivity contribution >= 4 is 11.8 Å². The fourth-order valence-electron chi connectivity index (χ4n) is 1.64. The van der Waals surface area contributed by atoms with E-state index in [-0.39, 0.29) is 0 Å². The molecule has 1 heterocycles. The van der Waals surface area contributed by atoms with Crippen LogP contribution in [-0.4, -0.2) is 23.3 Å². The molecule has 0 saturated heterocycles. The summed E-state index contributed by atoms with van der Waals surface area (Å²) in [6, 6.07) is 0.530. The normalized spacial score (nSPS) is 14.9. The third-order valence-corrected chi connectivity index (χ3v) is 4.14. The Balaban J connectivity index is 2.51. The van der Waals surface area contributed by atoms with Gasteiger partial charge in [-0.3, -0.25) is 0 Å². The van der Waals surface area contributed by atoms with Gasteiger partial charge in [0.05, 0.1) is 5.69 Å². The molecule has 0 aliphatic rings. The minimum atomic E-state index is 0.530. The third-order valence-electron chi connectivity index (χ3n) is 3.19. The van der Waals surface area contributed by atoms with Gasteiger partial charge in [-0.15, -0.1) is 0 Å². The number of aromatic nitrogens is 1. The van der Waals surface area contributed by atoms with Gasteiger partial charge in [0.15, 0.2) is 0 Å². The lowest BCUT2D eigenvalue weighted by Crippen LogP contribution is -2.36. The van der Waals surface area contributed by atoms with Crippen molar-refractivity contribution in [3.8, 4) is 0 Å². The van der Waals surface area contributed by atoms with Crippen LogP contribution in [0.1, 0.15) is 38.6 Å². The molecule has 0 bridgehead atoms. The Kier molecular flexibility index (Phi) is 6.06. The zero-order valence-electron chi connectivity index (χ0n) is 11.5. The molecule has 0 saturated carbocycles. The SMILES string of the molecule is CCNC(CSc1nc(C)c(C)o1)C(C)CC. The molecule has 2 atom stereocenters. The third kappa shape index (κ3) is 4.36. The van der Waals surface area contributed by atoms with Crippen LogP contribution in [0.15, 0.2) is 9.64 Å². The van der Waals surface area contributed by atoms with Crippen LogP contribution in [0.2, 0.25) is 0 Å². The summed E-state index contributed by atoms with van der Waals surface area (Å²) in [4.78, 5) is 4.40. The number of rotatable bonds is 7. The van der Waals surface area contributed by atoms with Crippen LogP contribution in [0.3, 0.4) is 0 Å². The van der Waals surface area contributed by atoms with Crippen LogP contribution in [-0.2, 0) is 0 Å². The molecule has 0 aliphatic heterocycles. The molecule has 0 fully saturated rings. The Morgan fingerprint density at radius 2 is 2.06 bits per heavy atom. The Hall–Kier alpha value is -0.480. The fraction of sp³-hybridized carbons (Fsp3) is 0.769. The monoisotopic (exact) mass is 256 g/mol. The first-order valence-corrected chi connectivity index (χ1v) is 7.37. The van der Waals surface area contributed by atoms with E-state index >= 15 is 0 Å². The zero-order chi connectivity index (χ0) is 12.8. The number of hydrogen-bond acceptors (Lipinski definition) is 4. The van der Waals surface area contributed by atoms with E-state index in [0.29, 0.717) is 12.0 Å². The summed E-state index contributed by atoms with van der Waals surface area (Å²) >= 11 is 1.71. The van der Waals surface area contributed by atoms with Crippen LogP contribution in [0, 0.1) is 19.8 Å². The Labute approximate surface area is 109 Å². The van der Waals surface area contributed by atoms with Gasteiger partial charge >= 0.3 is 0 Å². The van der Waals surface area contributed by atoms with Crippen LogP contribution in [0.25, 0.3) is 0 Å². The van der Waals surface area contributed by atoms with E-state index in [4.69, 9.17) is 4.42 Å². The van der Waals surface area contributed by atoms with Gasteiger partial charge in [0.2, 0.25) is 0 Å².